The van der Waals surface area contributed by atoms with E-state index in [2.05, 4.69) is 5.32 Å². The van der Waals surface area contributed by atoms with Crippen molar-refractivity contribution < 1.29 is 14.3 Å². The number of anilines is 1. The van der Waals surface area contributed by atoms with Gasteiger partial charge in [-0.2, -0.15) is 0 Å². The number of benzene rings is 1. The third kappa shape index (κ3) is 3.04. The van der Waals surface area contributed by atoms with Crippen molar-refractivity contribution in [1.82, 2.24) is 0 Å². The molecule has 3 aliphatic rings. The molecule has 0 aromatic heterocycles. The Morgan fingerprint density at radius 3 is 2.39 bits per heavy atom. The number of ether oxygens (including phenoxy) is 2. The van der Waals surface area contributed by atoms with Crippen molar-refractivity contribution in [2.75, 3.05) is 5.32 Å². The molecule has 1 spiro atoms. The lowest BCUT2D eigenvalue weighted by Gasteiger charge is -2.21. The van der Waals surface area contributed by atoms with Gasteiger partial charge in [0.1, 0.15) is 0 Å². The van der Waals surface area contributed by atoms with Crippen molar-refractivity contribution >= 4 is 11.6 Å². The van der Waals surface area contributed by atoms with Gasteiger partial charge in [-0.3, -0.25) is 4.79 Å². The summed E-state index contributed by atoms with van der Waals surface area (Å²) in [4.78, 5) is 12.5. The number of amides is 1. The molecule has 2 saturated carbocycles. The number of nitrogens with one attached hydrogen (secondary N) is 1. The molecule has 1 heterocycles. The van der Waals surface area contributed by atoms with Crippen LogP contribution in [0.1, 0.15) is 64.2 Å². The summed E-state index contributed by atoms with van der Waals surface area (Å²) < 4.78 is 12.1. The van der Waals surface area contributed by atoms with E-state index in [1.807, 2.05) is 18.2 Å². The summed E-state index contributed by atoms with van der Waals surface area (Å²) in [5.41, 5.74) is 0.816. The molecule has 0 bridgehead atoms. The molecule has 4 rings (SSSR count). The molecule has 124 valence electrons. The molecule has 0 radical (unpaired) electrons. The normalized spacial score (nSPS) is 23.0. The number of hydrogen-bond acceptors (Lipinski definition) is 3. The van der Waals surface area contributed by atoms with Crippen LogP contribution in [0.2, 0.25) is 0 Å². The summed E-state index contributed by atoms with van der Waals surface area (Å²) in [5.74, 6) is 1.45. The molecule has 1 N–H and O–H groups in total. The summed E-state index contributed by atoms with van der Waals surface area (Å²) in [7, 11) is 0. The van der Waals surface area contributed by atoms with E-state index in [0.717, 1.165) is 55.7 Å². The highest BCUT2D eigenvalue weighted by Crippen LogP contribution is 2.47. The van der Waals surface area contributed by atoms with Gasteiger partial charge in [0.15, 0.2) is 11.5 Å². The smallest absolute Gasteiger partial charge is 0.251 e. The molecule has 4 heteroatoms. The van der Waals surface area contributed by atoms with Gasteiger partial charge in [-0.25, -0.2) is 0 Å². The minimum Gasteiger partial charge on any atom is -0.448 e. The zero-order valence-electron chi connectivity index (χ0n) is 13.6. The van der Waals surface area contributed by atoms with Crippen LogP contribution in [0.15, 0.2) is 18.2 Å². The lowest BCUT2D eigenvalue weighted by atomic mass is 9.99. The fraction of sp³-hybridized carbons (Fsp3) is 0.632. The maximum atomic E-state index is 12.5. The van der Waals surface area contributed by atoms with Crippen molar-refractivity contribution in [2.24, 2.45) is 5.92 Å². The Balaban J connectivity index is 1.44. The first kappa shape index (κ1) is 14.9. The highest BCUT2D eigenvalue weighted by atomic mass is 16.7. The SMILES string of the molecule is O=C(Nc1ccc2c(c1)OC1(CCCC1)O2)C1CCCCCC1. The van der Waals surface area contributed by atoms with Gasteiger partial charge in [0.2, 0.25) is 5.91 Å². The molecule has 0 unspecified atom stereocenters. The minimum atomic E-state index is -0.438. The van der Waals surface area contributed by atoms with E-state index in [0.29, 0.717) is 0 Å². The lowest BCUT2D eigenvalue weighted by Crippen LogP contribution is -2.34. The molecular formula is C19H25NO3. The van der Waals surface area contributed by atoms with Crippen molar-refractivity contribution in [3.8, 4) is 11.5 Å². The lowest BCUT2D eigenvalue weighted by molar-refractivity contribution is -0.120. The molecule has 1 aromatic rings. The predicted molar refractivity (Wildman–Crippen MR) is 88.7 cm³/mol. The second kappa shape index (κ2) is 6.06. The van der Waals surface area contributed by atoms with Crippen LogP contribution >= 0.6 is 0 Å². The van der Waals surface area contributed by atoms with Gasteiger partial charge in [0.05, 0.1) is 0 Å². The van der Waals surface area contributed by atoms with Gasteiger partial charge >= 0.3 is 0 Å². The molecule has 4 nitrogen and oxygen atoms in total. The van der Waals surface area contributed by atoms with Crippen molar-refractivity contribution in [1.29, 1.82) is 0 Å². The van der Waals surface area contributed by atoms with Crippen LogP contribution in [0.5, 0.6) is 11.5 Å². The van der Waals surface area contributed by atoms with E-state index < -0.39 is 5.79 Å². The summed E-state index contributed by atoms with van der Waals surface area (Å²) in [5, 5.41) is 3.07. The van der Waals surface area contributed by atoms with E-state index in [9.17, 15) is 4.79 Å². The fourth-order valence-electron chi connectivity index (χ4n) is 4.08. The van der Waals surface area contributed by atoms with Gasteiger partial charge < -0.3 is 14.8 Å². The Hall–Kier alpha value is -1.71. The average molecular weight is 315 g/mol. The predicted octanol–water partition coefficient (Wildman–Crippen LogP) is 4.64. The Kier molecular flexibility index (Phi) is 3.92. The zero-order valence-corrected chi connectivity index (χ0v) is 13.6. The van der Waals surface area contributed by atoms with Crippen molar-refractivity contribution in [2.45, 2.75) is 70.0 Å². The van der Waals surface area contributed by atoms with Crippen LogP contribution in [0.25, 0.3) is 0 Å². The second-order valence-electron chi connectivity index (χ2n) is 7.16. The minimum absolute atomic E-state index is 0.154. The topological polar surface area (TPSA) is 47.6 Å². The van der Waals surface area contributed by atoms with Gasteiger partial charge in [-0.15, -0.1) is 0 Å². The Morgan fingerprint density at radius 1 is 0.957 bits per heavy atom. The van der Waals surface area contributed by atoms with Crippen LogP contribution in [0, 0.1) is 5.92 Å². The summed E-state index contributed by atoms with van der Waals surface area (Å²) in [6, 6.07) is 5.76. The summed E-state index contributed by atoms with van der Waals surface area (Å²) in [6.45, 7) is 0. The number of rotatable bonds is 2. The molecule has 1 aliphatic heterocycles. The molecule has 2 fully saturated rings. The van der Waals surface area contributed by atoms with E-state index in [1.165, 1.54) is 25.7 Å². The zero-order chi connectivity index (χ0) is 15.7. The first-order chi connectivity index (χ1) is 11.2. The number of fused-ring (bicyclic) bond motifs is 1. The highest BCUT2D eigenvalue weighted by molar-refractivity contribution is 5.92. The van der Waals surface area contributed by atoms with Crippen LogP contribution in [0.4, 0.5) is 5.69 Å². The second-order valence-corrected chi connectivity index (χ2v) is 7.16. The monoisotopic (exact) mass is 315 g/mol. The maximum absolute atomic E-state index is 12.5. The first-order valence-electron chi connectivity index (χ1n) is 9.07. The van der Waals surface area contributed by atoms with E-state index >= 15 is 0 Å². The maximum Gasteiger partial charge on any atom is 0.251 e. The van der Waals surface area contributed by atoms with Crippen LogP contribution in [-0.2, 0) is 4.79 Å². The van der Waals surface area contributed by atoms with Gasteiger partial charge in [-0.1, -0.05) is 25.7 Å². The largest absolute Gasteiger partial charge is 0.448 e. The quantitative estimate of drug-likeness (QED) is 0.809. The van der Waals surface area contributed by atoms with Gasteiger partial charge in [0, 0.05) is 30.5 Å². The Morgan fingerprint density at radius 2 is 1.65 bits per heavy atom. The van der Waals surface area contributed by atoms with E-state index in [-0.39, 0.29) is 11.8 Å². The fourth-order valence-corrected chi connectivity index (χ4v) is 4.08. The average Bonchev–Trinajstić information content (AvgIpc) is 3.03. The third-order valence-corrected chi connectivity index (χ3v) is 5.39. The van der Waals surface area contributed by atoms with Gasteiger partial charge in [0.25, 0.3) is 5.79 Å². The number of carbonyl (C=O) groups excluding carboxylic acids is 1. The third-order valence-electron chi connectivity index (χ3n) is 5.39. The molecule has 0 saturated heterocycles. The first-order valence-corrected chi connectivity index (χ1v) is 9.07. The van der Waals surface area contributed by atoms with E-state index in [4.69, 9.17) is 9.47 Å². The summed E-state index contributed by atoms with van der Waals surface area (Å²) in [6.07, 6.45) is 11.1. The summed E-state index contributed by atoms with van der Waals surface area (Å²) >= 11 is 0. The standard InChI is InChI=1S/C19H25NO3/c21-18(14-7-3-1-2-4-8-14)20-15-9-10-16-17(13-15)23-19(22-16)11-5-6-12-19/h9-10,13-14H,1-8,11-12H2,(H,20,21). The molecule has 1 aromatic carbocycles. The van der Waals surface area contributed by atoms with Crippen molar-refractivity contribution in [3.05, 3.63) is 18.2 Å². The van der Waals surface area contributed by atoms with Gasteiger partial charge in [-0.05, 0) is 37.8 Å². The molecule has 0 atom stereocenters. The van der Waals surface area contributed by atoms with E-state index in [1.54, 1.807) is 0 Å². The molecule has 2 aliphatic carbocycles. The Bertz CT molecular complexity index is 584. The number of hydrogen-bond donors (Lipinski definition) is 1. The van der Waals surface area contributed by atoms with Crippen LogP contribution in [-0.4, -0.2) is 11.7 Å². The molecule has 1 amide bonds. The highest BCUT2D eigenvalue weighted by Gasteiger charge is 2.44. The number of carbonyl (C=O) groups is 1. The molecule has 23 heavy (non-hydrogen) atoms. The molecular weight excluding hydrogens is 290 g/mol. The Labute approximate surface area is 137 Å². The van der Waals surface area contributed by atoms with Crippen LogP contribution < -0.4 is 14.8 Å². The van der Waals surface area contributed by atoms with Crippen molar-refractivity contribution in [3.63, 3.8) is 0 Å². The van der Waals surface area contributed by atoms with Crippen LogP contribution in [0.3, 0.4) is 0 Å².